The molecule has 1 aliphatic heterocycles. The van der Waals surface area contributed by atoms with Crippen LogP contribution in [0.5, 0.6) is 0 Å². The summed E-state index contributed by atoms with van der Waals surface area (Å²) in [5.74, 6) is -0.139. The van der Waals surface area contributed by atoms with Gasteiger partial charge in [0, 0.05) is 37.6 Å². The lowest BCUT2D eigenvalue weighted by Crippen LogP contribution is -2.54. The number of carbonyl (C=O) groups is 1. The standard InChI is InChI=1S/C23H29FN4O.2ClH/c1-16(27-11-13-28(14-12-27)20-8-5-18(24)6-9-20)23(29)26-22-4-2-3-17-15-19(25)7-10-21(17)22;;/h5-10,15-16,22H,2-4,11-14,25H2,1H3,(H,26,29);2*1H. The number of nitrogens with zero attached hydrogens (tertiary/aromatic N) is 2. The molecule has 5 nitrogen and oxygen atoms in total. The third-order valence-electron chi connectivity index (χ3n) is 6.23. The molecule has 2 aliphatic rings. The fourth-order valence-corrected chi connectivity index (χ4v) is 4.46. The Morgan fingerprint density at radius 1 is 1.10 bits per heavy atom. The molecule has 2 aromatic rings. The van der Waals surface area contributed by atoms with Crippen molar-refractivity contribution in [2.24, 2.45) is 0 Å². The minimum Gasteiger partial charge on any atom is -0.399 e. The van der Waals surface area contributed by atoms with E-state index < -0.39 is 0 Å². The Kier molecular flexibility index (Phi) is 8.98. The van der Waals surface area contributed by atoms with Crippen LogP contribution in [0.25, 0.3) is 0 Å². The van der Waals surface area contributed by atoms with Crippen LogP contribution in [-0.4, -0.2) is 43.0 Å². The minimum absolute atomic E-state index is 0. The number of halogens is 3. The van der Waals surface area contributed by atoms with E-state index in [1.54, 1.807) is 0 Å². The van der Waals surface area contributed by atoms with E-state index in [1.807, 2.05) is 31.2 Å². The van der Waals surface area contributed by atoms with E-state index in [2.05, 4.69) is 21.2 Å². The first kappa shape index (κ1) is 25.2. The normalized spacial score (nSPS) is 19.4. The molecule has 1 saturated heterocycles. The zero-order chi connectivity index (χ0) is 20.4. The summed E-state index contributed by atoms with van der Waals surface area (Å²) in [5, 5.41) is 3.26. The zero-order valence-corrected chi connectivity index (χ0v) is 19.4. The molecule has 0 radical (unpaired) electrons. The Bertz CT molecular complexity index is 872. The molecule has 170 valence electrons. The number of aryl methyl sites for hydroxylation is 1. The predicted molar refractivity (Wildman–Crippen MR) is 129 cm³/mol. The number of nitrogen functional groups attached to an aromatic ring is 1. The highest BCUT2D eigenvalue weighted by Gasteiger charge is 2.29. The second-order valence-corrected chi connectivity index (χ2v) is 8.09. The van der Waals surface area contributed by atoms with Gasteiger partial charge in [0.15, 0.2) is 0 Å². The van der Waals surface area contributed by atoms with Crippen LogP contribution in [0.2, 0.25) is 0 Å². The van der Waals surface area contributed by atoms with Gasteiger partial charge in [-0.05, 0) is 73.7 Å². The van der Waals surface area contributed by atoms with E-state index in [0.717, 1.165) is 56.8 Å². The number of amides is 1. The second kappa shape index (κ2) is 11.0. The van der Waals surface area contributed by atoms with E-state index in [0.29, 0.717) is 0 Å². The lowest BCUT2D eigenvalue weighted by Gasteiger charge is -2.39. The smallest absolute Gasteiger partial charge is 0.237 e. The van der Waals surface area contributed by atoms with Crippen molar-refractivity contribution in [3.8, 4) is 0 Å². The topological polar surface area (TPSA) is 61.6 Å². The van der Waals surface area contributed by atoms with Crippen molar-refractivity contribution >= 4 is 42.1 Å². The molecule has 8 heteroatoms. The average molecular weight is 469 g/mol. The minimum atomic E-state index is -0.218. The molecular formula is C23H31Cl2FN4O. The molecular weight excluding hydrogens is 438 g/mol. The van der Waals surface area contributed by atoms with Crippen molar-refractivity contribution in [2.45, 2.75) is 38.3 Å². The van der Waals surface area contributed by atoms with Crippen molar-refractivity contribution in [1.82, 2.24) is 10.2 Å². The molecule has 1 aliphatic carbocycles. The maximum absolute atomic E-state index is 13.1. The Morgan fingerprint density at radius 3 is 2.45 bits per heavy atom. The van der Waals surface area contributed by atoms with Gasteiger partial charge in [-0.3, -0.25) is 9.69 Å². The summed E-state index contributed by atoms with van der Waals surface area (Å²) in [6, 6.07) is 12.5. The van der Waals surface area contributed by atoms with Crippen molar-refractivity contribution in [1.29, 1.82) is 0 Å². The molecule has 3 N–H and O–H groups in total. The molecule has 1 amide bonds. The van der Waals surface area contributed by atoms with Gasteiger partial charge < -0.3 is 16.0 Å². The molecule has 0 aromatic heterocycles. The number of carbonyl (C=O) groups excluding carboxylic acids is 1. The number of nitrogens with one attached hydrogen (secondary N) is 1. The second-order valence-electron chi connectivity index (χ2n) is 8.09. The van der Waals surface area contributed by atoms with Crippen LogP contribution in [0.1, 0.15) is 36.9 Å². The number of hydrogen-bond donors (Lipinski definition) is 2. The molecule has 2 unspecified atom stereocenters. The number of nitrogens with two attached hydrogens (primary N) is 1. The highest BCUT2D eigenvalue weighted by molar-refractivity contribution is 5.85. The van der Waals surface area contributed by atoms with E-state index in [9.17, 15) is 9.18 Å². The van der Waals surface area contributed by atoms with Crippen molar-refractivity contribution < 1.29 is 9.18 Å². The van der Waals surface area contributed by atoms with Crippen LogP contribution in [0.4, 0.5) is 15.8 Å². The quantitative estimate of drug-likeness (QED) is 0.666. The van der Waals surface area contributed by atoms with Gasteiger partial charge in [0.05, 0.1) is 12.1 Å². The van der Waals surface area contributed by atoms with Crippen molar-refractivity contribution in [3.63, 3.8) is 0 Å². The van der Waals surface area contributed by atoms with Gasteiger partial charge in [0.1, 0.15) is 5.82 Å². The van der Waals surface area contributed by atoms with Gasteiger partial charge in [0.25, 0.3) is 0 Å². The molecule has 2 aromatic carbocycles. The molecule has 0 bridgehead atoms. The summed E-state index contributed by atoms with van der Waals surface area (Å²) >= 11 is 0. The lowest BCUT2D eigenvalue weighted by atomic mass is 9.87. The molecule has 0 spiro atoms. The largest absolute Gasteiger partial charge is 0.399 e. The van der Waals surface area contributed by atoms with E-state index in [1.165, 1.54) is 23.3 Å². The summed E-state index contributed by atoms with van der Waals surface area (Å²) < 4.78 is 13.1. The SMILES string of the molecule is CC(C(=O)NC1CCCc2cc(N)ccc21)N1CCN(c2ccc(F)cc2)CC1.Cl.Cl. The van der Waals surface area contributed by atoms with Crippen LogP contribution in [-0.2, 0) is 11.2 Å². The molecule has 2 atom stereocenters. The van der Waals surface area contributed by atoms with Gasteiger partial charge in [-0.2, -0.15) is 0 Å². The summed E-state index contributed by atoms with van der Waals surface area (Å²) in [6.45, 7) is 5.26. The Labute approximate surface area is 196 Å². The van der Waals surface area contributed by atoms with Crippen molar-refractivity contribution in [2.75, 3.05) is 36.8 Å². The van der Waals surface area contributed by atoms with Crippen LogP contribution in [0, 0.1) is 5.82 Å². The molecule has 1 heterocycles. The number of hydrogen-bond acceptors (Lipinski definition) is 4. The molecule has 31 heavy (non-hydrogen) atoms. The fourth-order valence-electron chi connectivity index (χ4n) is 4.46. The highest BCUT2D eigenvalue weighted by Crippen LogP contribution is 2.31. The lowest BCUT2D eigenvalue weighted by molar-refractivity contribution is -0.126. The Hall–Kier alpha value is -2.02. The third kappa shape index (κ3) is 5.82. The average Bonchev–Trinajstić information content (AvgIpc) is 2.74. The number of rotatable bonds is 4. The first-order chi connectivity index (χ1) is 14.0. The first-order valence-electron chi connectivity index (χ1n) is 10.4. The maximum atomic E-state index is 13.1. The molecule has 4 rings (SSSR count). The molecule has 1 fully saturated rings. The van der Waals surface area contributed by atoms with Crippen LogP contribution in [0.3, 0.4) is 0 Å². The Balaban J connectivity index is 0.00000171. The number of piperazine rings is 1. The molecule has 0 saturated carbocycles. The van der Waals surface area contributed by atoms with Gasteiger partial charge >= 0.3 is 0 Å². The van der Waals surface area contributed by atoms with Crippen molar-refractivity contribution in [3.05, 3.63) is 59.4 Å². The van der Waals surface area contributed by atoms with Crippen LogP contribution >= 0.6 is 24.8 Å². The van der Waals surface area contributed by atoms with Crippen LogP contribution in [0.15, 0.2) is 42.5 Å². The highest BCUT2D eigenvalue weighted by atomic mass is 35.5. The Morgan fingerprint density at radius 2 is 1.77 bits per heavy atom. The predicted octanol–water partition coefficient (Wildman–Crippen LogP) is 3.96. The summed E-state index contributed by atoms with van der Waals surface area (Å²) in [7, 11) is 0. The summed E-state index contributed by atoms with van der Waals surface area (Å²) in [6.07, 6.45) is 3.05. The number of anilines is 2. The van der Waals surface area contributed by atoms with Gasteiger partial charge in [-0.15, -0.1) is 24.8 Å². The maximum Gasteiger partial charge on any atom is 0.237 e. The van der Waals surface area contributed by atoms with Gasteiger partial charge in [0.2, 0.25) is 5.91 Å². The number of benzene rings is 2. The first-order valence-corrected chi connectivity index (χ1v) is 10.4. The monoisotopic (exact) mass is 468 g/mol. The van der Waals surface area contributed by atoms with Crippen LogP contribution < -0.4 is 16.0 Å². The van der Waals surface area contributed by atoms with Gasteiger partial charge in [-0.1, -0.05) is 6.07 Å². The zero-order valence-electron chi connectivity index (χ0n) is 17.7. The van der Waals surface area contributed by atoms with E-state index in [-0.39, 0.29) is 48.6 Å². The third-order valence-corrected chi connectivity index (χ3v) is 6.23. The summed E-state index contributed by atoms with van der Waals surface area (Å²) in [5.41, 5.74) is 10.2. The van der Waals surface area contributed by atoms with E-state index in [4.69, 9.17) is 5.73 Å². The fraction of sp³-hybridized carbons (Fsp3) is 0.435. The summed E-state index contributed by atoms with van der Waals surface area (Å²) in [4.78, 5) is 17.4. The van der Waals surface area contributed by atoms with E-state index >= 15 is 0 Å². The number of fused-ring (bicyclic) bond motifs is 1. The van der Waals surface area contributed by atoms with Gasteiger partial charge in [-0.25, -0.2) is 4.39 Å².